The number of carbonyl (C=O) groups is 1. The summed E-state index contributed by atoms with van der Waals surface area (Å²) >= 11 is 1.35. The Morgan fingerprint density at radius 1 is 1.52 bits per heavy atom. The van der Waals surface area contributed by atoms with Gasteiger partial charge < -0.3 is 11.1 Å². The van der Waals surface area contributed by atoms with E-state index in [1.54, 1.807) is 12.1 Å². The maximum atomic E-state index is 12.4. The average molecular weight is 324 g/mol. The van der Waals surface area contributed by atoms with Crippen molar-refractivity contribution in [2.24, 2.45) is 0 Å². The van der Waals surface area contributed by atoms with Crippen LogP contribution in [0.15, 0.2) is 48.0 Å². The largest absolute Gasteiger partial charge is 0.383 e. The Kier molecular flexibility index (Phi) is 5.39. The van der Waals surface area contributed by atoms with E-state index in [0.29, 0.717) is 22.0 Å². The number of carbonyl (C=O) groups excluding carboxylic acids is 1. The monoisotopic (exact) mass is 324 g/mol. The van der Waals surface area contributed by atoms with E-state index in [1.807, 2.05) is 31.2 Å². The molecule has 0 fully saturated rings. The zero-order valence-electron chi connectivity index (χ0n) is 12.7. The number of nitrogens with two attached hydrogens (primary N) is 1. The van der Waals surface area contributed by atoms with Crippen molar-refractivity contribution >= 4 is 29.2 Å². The number of rotatable bonds is 5. The number of nitrogens with one attached hydrogen (secondary N) is 1. The van der Waals surface area contributed by atoms with Gasteiger partial charge in [-0.05, 0) is 30.7 Å². The van der Waals surface area contributed by atoms with Gasteiger partial charge in [-0.25, -0.2) is 4.98 Å². The Balaban J connectivity index is 2.30. The molecule has 2 rings (SSSR count). The standard InChI is InChI=1S/C17H16N4OS/c1-3-7-23-17-12(10-18)9-14(15(19)21-17)16(22)20-13-6-4-5-11(2)8-13/h3-6,8-9H,1,7H2,2H3,(H2,19,21)(H,20,22). The number of benzene rings is 1. The number of pyridine rings is 1. The lowest BCUT2D eigenvalue weighted by Crippen LogP contribution is -2.15. The SMILES string of the molecule is C=CCSc1nc(N)c(C(=O)Nc2cccc(C)c2)cc1C#N. The van der Waals surface area contributed by atoms with Crippen molar-refractivity contribution in [3.8, 4) is 6.07 Å². The van der Waals surface area contributed by atoms with E-state index in [0.717, 1.165) is 5.56 Å². The van der Waals surface area contributed by atoms with Crippen LogP contribution in [0.5, 0.6) is 0 Å². The van der Waals surface area contributed by atoms with Crippen LogP contribution in [-0.4, -0.2) is 16.6 Å². The third kappa shape index (κ3) is 4.11. The van der Waals surface area contributed by atoms with Crippen LogP contribution >= 0.6 is 11.8 Å². The molecule has 5 nitrogen and oxygen atoms in total. The molecule has 0 aliphatic heterocycles. The number of nitriles is 1. The highest BCUT2D eigenvalue weighted by Crippen LogP contribution is 2.24. The predicted octanol–water partition coefficient (Wildman–Crippen LogP) is 3.37. The van der Waals surface area contributed by atoms with Crippen molar-refractivity contribution in [2.45, 2.75) is 11.9 Å². The summed E-state index contributed by atoms with van der Waals surface area (Å²) in [5.41, 5.74) is 8.08. The number of nitrogens with zero attached hydrogens (tertiary/aromatic N) is 2. The number of aryl methyl sites for hydroxylation is 1. The average Bonchev–Trinajstić information content (AvgIpc) is 2.52. The van der Waals surface area contributed by atoms with Crippen LogP contribution in [0.4, 0.5) is 11.5 Å². The van der Waals surface area contributed by atoms with Crippen molar-refractivity contribution in [1.29, 1.82) is 5.26 Å². The van der Waals surface area contributed by atoms with Crippen LogP contribution in [-0.2, 0) is 0 Å². The van der Waals surface area contributed by atoms with E-state index >= 15 is 0 Å². The Hall–Kier alpha value is -2.78. The molecule has 0 radical (unpaired) electrons. The molecule has 116 valence electrons. The number of anilines is 2. The second-order valence-corrected chi connectivity index (χ2v) is 5.82. The lowest BCUT2D eigenvalue weighted by atomic mass is 10.1. The lowest BCUT2D eigenvalue weighted by molar-refractivity contribution is 0.102. The molecule has 0 saturated heterocycles. The molecule has 0 bridgehead atoms. The van der Waals surface area contributed by atoms with Gasteiger partial charge in [0.1, 0.15) is 16.9 Å². The second kappa shape index (κ2) is 7.47. The summed E-state index contributed by atoms with van der Waals surface area (Å²) in [4.78, 5) is 16.5. The fourth-order valence-corrected chi connectivity index (χ4v) is 2.64. The van der Waals surface area contributed by atoms with Crippen molar-refractivity contribution in [3.05, 3.63) is 59.7 Å². The molecule has 1 amide bonds. The maximum Gasteiger partial charge on any atom is 0.259 e. The third-order valence-corrected chi connectivity index (χ3v) is 3.98. The molecule has 0 unspecified atom stereocenters. The molecule has 6 heteroatoms. The van der Waals surface area contributed by atoms with Gasteiger partial charge in [-0.15, -0.1) is 18.3 Å². The van der Waals surface area contributed by atoms with Gasteiger partial charge in [-0.3, -0.25) is 4.79 Å². The fourth-order valence-electron chi connectivity index (χ4n) is 1.94. The van der Waals surface area contributed by atoms with Crippen molar-refractivity contribution < 1.29 is 4.79 Å². The lowest BCUT2D eigenvalue weighted by Gasteiger charge is -2.10. The number of nitrogen functional groups attached to an aromatic ring is 1. The first-order valence-electron chi connectivity index (χ1n) is 6.87. The first-order chi connectivity index (χ1) is 11.0. The minimum Gasteiger partial charge on any atom is -0.383 e. The molecule has 2 aromatic rings. The van der Waals surface area contributed by atoms with E-state index in [1.165, 1.54) is 17.8 Å². The molecule has 0 spiro atoms. The Morgan fingerprint density at radius 2 is 2.30 bits per heavy atom. The van der Waals surface area contributed by atoms with E-state index in [4.69, 9.17) is 5.73 Å². The number of amides is 1. The van der Waals surface area contributed by atoms with E-state index in [9.17, 15) is 10.1 Å². The number of hydrogen-bond acceptors (Lipinski definition) is 5. The second-order valence-electron chi connectivity index (χ2n) is 4.81. The van der Waals surface area contributed by atoms with Gasteiger partial charge in [0.2, 0.25) is 0 Å². The summed E-state index contributed by atoms with van der Waals surface area (Å²) in [5.74, 6) is 0.314. The molecule has 0 aliphatic rings. The minimum absolute atomic E-state index is 0.0979. The van der Waals surface area contributed by atoms with Crippen LogP contribution in [0, 0.1) is 18.3 Å². The van der Waals surface area contributed by atoms with E-state index in [2.05, 4.69) is 16.9 Å². The normalized spacial score (nSPS) is 9.91. The van der Waals surface area contributed by atoms with Crippen molar-refractivity contribution in [2.75, 3.05) is 16.8 Å². The summed E-state index contributed by atoms with van der Waals surface area (Å²) in [5, 5.41) is 12.5. The highest BCUT2D eigenvalue weighted by Gasteiger charge is 2.16. The topological polar surface area (TPSA) is 91.8 Å². The number of thioether (sulfide) groups is 1. The molecule has 3 N–H and O–H groups in total. The highest BCUT2D eigenvalue weighted by atomic mass is 32.2. The van der Waals surface area contributed by atoms with Crippen molar-refractivity contribution in [1.82, 2.24) is 4.98 Å². The smallest absolute Gasteiger partial charge is 0.259 e. The number of aromatic nitrogens is 1. The summed E-state index contributed by atoms with van der Waals surface area (Å²) in [6.45, 7) is 5.56. The summed E-state index contributed by atoms with van der Waals surface area (Å²) in [6, 6.07) is 10.9. The van der Waals surface area contributed by atoms with Gasteiger partial charge in [-0.2, -0.15) is 5.26 Å². The van der Waals surface area contributed by atoms with Crippen LogP contribution in [0.25, 0.3) is 0 Å². The molecule has 1 aromatic carbocycles. The summed E-state index contributed by atoms with van der Waals surface area (Å²) < 4.78 is 0. The Bertz CT molecular complexity index is 796. The van der Waals surface area contributed by atoms with Gasteiger partial charge in [0, 0.05) is 11.4 Å². The predicted molar refractivity (Wildman–Crippen MR) is 93.4 cm³/mol. The van der Waals surface area contributed by atoms with Crippen LogP contribution in [0.2, 0.25) is 0 Å². The van der Waals surface area contributed by atoms with Gasteiger partial charge in [0.15, 0.2) is 0 Å². The van der Waals surface area contributed by atoms with Gasteiger partial charge >= 0.3 is 0 Å². The highest BCUT2D eigenvalue weighted by molar-refractivity contribution is 7.99. The zero-order valence-corrected chi connectivity index (χ0v) is 13.5. The maximum absolute atomic E-state index is 12.4. The molecule has 0 aliphatic carbocycles. The molecular weight excluding hydrogens is 308 g/mol. The van der Waals surface area contributed by atoms with Crippen LogP contribution in [0.3, 0.4) is 0 Å². The number of hydrogen-bond donors (Lipinski definition) is 2. The van der Waals surface area contributed by atoms with Gasteiger partial charge in [0.05, 0.1) is 11.1 Å². The third-order valence-electron chi connectivity index (χ3n) is 3.00. The molecule has 0 atom stereocenters. The van der Waals surface area contributed by atoms with E-state index in [-0.39, 0.29) is 11.4 Å². The van der Waals surface area contributed by atoms with Gasteiger partial charge in [0.25, 0.3) is 5.91 Å². The Labute approximate surface area is 139 Å². The molecule has 1 aromatic heterocycles. The summed E-state index contributed by atoms with van der Waals surface area (Å²) in [7, 11) is 0. The quantitative estimate of drug-likeness (QED) is 0.650. The molecular formula is C17H16N4OS. The van der Waals surface area contributed by atoms with E-state index < -0.39 is 5.91 Å². The summed E-state index contributed by atoms with van der Waals surface area (Å²) in [6.07, 6.45) is 1.71. The minimum atomic E-state index is -0.391. The van der Waals surface area contributed by atoms with Crippen molar-refractivity contribution in [3.63, 3.8) is 0 Å². The van der Waals surface area contributed by atoms with Gasteiger partial charge in [-0.1, -0.05) is 18.2 Å². The first kappa shape index (κ1) is 16.6. The fraction of sp³-hybridized carbons (Fsp3) is 0.118. The molecule has 0 saturated carbocycles. The first-order valence-corrected chi connectivity index (χ1v) is 7.86. The zero-order chi connectivity index (χ0) is 16.8. The van der Waals surface area contributed by atoms with Crippen LogP contribution in [0.1, 0.15) is 21.5 Å². The molecule has 23 heavy (non-hydrogen) atoms. The molecule has 1 heterocycles. The van der Waals surface area contributed by atoms with Crippen LogP contribution < -0.4 is 11.1 Å². The Morgan fingerprint density at radius 3 is 2.96 bits per heavy atom.